The van der Waals surface area contributed by atoms with Crippen molar-refractivity contribution in [3.8, 4) is 5.75 Å². The average molecular weight is 388 g/mol. The number of amides is 2. The molecule has 2 amide bonds. The Morgan fingerprint density at radius 2 is 1.89 bits per heavy atom. The van der Waals surface area contributed by atoms with Gasteiger partial charge < -0.3 is 10.1 Å². The van der Waals surface area contributed by atoms with E-state index in [1.165, 1.54) is 6.21 Å². The topological polar surface area (TPSA) is 79.8 Å². The monoisotopic (exact) mass is 387 g/mol. The van der Waals surface area contributed by atoms with Crippen LogP contribution >= 0.6 is 11.6 Å². The number of halogens is 1. The number of aryl methyl sites for hydroxylation is 1. The van der Waals surface area contributed by atoms with Crippen LogP contribution in [0.2, 0.25) is 5.02 Å². The highest BCUT2D eigenvalue weighted by Crippen LogP contribution is 2.19. The Labute approximate surface area is 163 Å². The van der Waals surface area contributed by atoms with Gasteiger partial charge in [-0.1, -0.05) is 31.0 Å². The Hall–Kier alpha value is -2.86. The van der Waals surface area contributed by atoms with Gasteiger partial charge in [0.05, 0.1) is 12.8 Å². The summed E-state index contributed by atoms with van der Waals surface area (Å²) in [6.45, 7) is 4.63. The summed E-state index contributed by atoms with van der Waals surface area (Å²) in [5, 5.41) is 6.76. The van der Waals surface area contributed by atoms with Gasteiger partial charge in [-0.25, -0.2) is 5.43 Å². The highest BCUT2D eigenvalue weighted by molar-refractivity contribution is 6.39. The summed E-state index contributed by atoms with van der Waals surface area (Å²) in [7, 11) is 0. The fourth-order valence-corrected chi connectivity index (χ4v) is 2.24. The summed E-state index contributed by atoms with van der Waals surface area (Å²) in [5.74, 6) is -0.921. The van der Waals surface area contributed by atoms with E-state index in [2.05, 4.69) is 22.8 Å². The Morgan fingerprint density at radius 1 is 1.15 bits per heavy atom. The molecule has 0 aliphatic carbocycles. The number of hydrogen-bond acceptors (Lipinski definition) is 4. The van der Waals surface area contributed by atoms with Gasteiger partial charge in [-0.2, -0.15) is 5.10 Å². The first-order valence-electron chi connectivity index (χ1n) is 8.63. The van der Waals surface area contributed by atoms with Gasteiger partial charge in [-0.05, 0) is 60.9 Å². The zero-order chi connectivity index (χ0) is 19.6. The van der Waals surface area contributed by atoms with Crippen molar-refractivity contribution >= 4 is 35.3 Å². The van der Waals surface area contributed by atoms with Crippen LogP contribution in [-0.4, -0.2) is 24.6 Å². The van der Waals surface area contributed by atoms with Gasteiger partial charge in [0.2, 0.25) is 0 Å². The Morgan fingerprint density at radius 3 is 2.56 bits per heavy atom. The maximum atomic E-state index is 11.9. The number of ether oxygens (including phenoxy) is 1. The number of carbonyl (C=O) groups is 2. The van der Waals surface area contributed by atoms with E-state index in [-0.39, 0.29) is 0 Å². The van der Waals surface area contributed by atoms with E-state index in [0.717, 1.165) is 29.7 Å². The molecule has 0 unspecified atom stereocenters. The lowest BCUT2D eigenvalue weighted by Gasteiger charge is -2.06. The maximum Gasteiger partial charge on any atom is 0.329 e. The molecule has 0 aliphatic heterocycles. The van der Waals surface area contributed by atoms with E-state index in [1.807, 2.05) is 31.2 Å². The van der Waals surface area contributed by atoms with Gasteiger partial charge in [0.25, 0.3) is 0 Å². The standard InChI is InChI=1S/C20H22ClN3O3/c1-3-4-11-27-17-9-6-15(7-10-17)13-22-24-20(26)19(25)23-16-8-5-14(2)18(21)12-16/h5-10,12-13H,3-4,11H2,1-2H3,(H,23,25)(H,24,26)/b22-13-. The summed E-state index contributed by atoms with van der Waals surface area (Å²) in [5.41, 5.74) is 4.27. The highest BCUT2D eigenvalue weighted by Gasteiger charge is 2.13. The van der Waals surface area contributed by atoms with Crippen LogP contribution in [0.3, 0.4) is 0 Å². The van der Waals surface area contributed by atoms with Gasteiger partial charge in [0, 0.05) is 10.7 Å². The Kier molecular flexibility index (Phi) is 7.82. The number of benzene rings is 2. The average Bonchev–Trinajstić information content (AvgIpc) is 2.66. The van der Waals surface area contributed by atoms with Crippen LogP contribution in [0.25, 0.3) is 0 Å². The summed E-state index contributed by atoms with van der Waals surface area (Å²) in [6.07, 6.45) is 3.53. The first-order chi connectivity index (χ1) is 13.0. The maximum absolute atomic E-state index is 11.9. The molecular weight excluding hydrogens is 366 g/mol. The summed E-state index contributed by atoms with van der Waals surface area (Å²) in [4.78, 5) is 23.7. The molecule has 0 saturated heterocycles. The highest BCUT2D eigenvalue weighted by atomic mass is 35.5. The van der Waals surface area contributed by atoms with Crippen molar-refractivity contribution in [2.75, 3.05) is 11.9 Å². The molecule has 2 aromatic carbocycles. The van der Waals surface area contributed by atoms with Gasteiger partial charge in [-0.15, -0.1) is 0 Å². The first kappa shape index (κ1) is 20.5. The molecule has 6 nitrogen and oxygen atoms in total. The van der Waals surface area contributed by atoms with E-state index < -0.39 is 11.8 Å². The van der Waals surface area contributed by atoms with Crippen molar-refractivity contribution in [3.05, 3.63) is 58.6 Å². The lowest BCUT2D eigenvalue weighted by atomic mass is 10.2. The Bertz CT molecular complexity index is 820. The molecular formula is C20H22ClN3O3. The molecule has 7 heteroatoms. The molecule has 2 aromatic rings. The molecule has 0 spiro atoms. The van der Waals surface area contributed by atoms with Crippen molar-refractivity contribution in [3.63, 3.8) is 0 Å². The third kappa shape index (κ3) is 6.75. The molecule has 0 bridgehead atoms. The van der Waals surface area contributed by atoms with Crippen molar-refractivity contribution in [2.45, 2.75) is 26.7 Å². The lowest BCUT2D eigenvalue weighted by Crippen LogP contribution is -2.32. The number of anilines is 1. The molecule has 142 valence electrons. The number of rotatable bonds is 7. The molecule has 0 atom stereocenters. The van der Waals surface area contributed by atoms with Crippen molar-refractivity contribution in [2.24, 2.45) is 5.10 Å². The summed E-state index contributed by atoms with van der Waals surface area (Å²) < 4.78 is 5.57. The van der Waals surface area contributed by atoms with Crippen LogP contribution in [0.15, 0.2) is 47.6 Å². The third-order valence-electron chi connectivity index (χ3n) is 3.66. The molecule has 2 rings (SSSR count). The number of hydrazone groups is 1. The zero-order valence-corrected chi connectivity index (χ0v) is 16.0. The van der Waals surface area contributed by atoms with Gasteiger partial charge in [0.15, 0.2) is 0 Å². The molecule has 0 fully saturated rings. The van der Waals surface area contributed by atoms with Crippen LogP contribution < -0.4 is 15.5 Å². The van der Waals surface area contributed by atoms with E-state index in [0.29, 0.717) is 17.3 Å². The van der Waals surface area contributed by atoms with E-state index >= 15 is 0 Å². The number of nitrogens with zero attached hydrogens (tertiary/aromatic N) is 1. The SMILES string of the molecule is CCCCOc1ccc(/C=N\NC(=O)C(=O)Nc2ccc(C)c(Cl)c2)cc1. The van der Waals surface area contributed by atoms with Crippen LogP contribution in [-0.2, 0) is 9.59 Å². The predicted molar refractivity (Wildman–Crippen MR) is 107 cm³/mol. The first-order valence-corrected chi connectivity index (χ1v) is 9.00. The van der Waals surface area contributed by atoms with Gasteiger partial charge in [-0.3, -0.25) is 9.59 Å². The third-order valence-corrected chi connectivity index (χ3v) is 4.07. The molecule has 0 radical (unpaired) electrons. The van der Waals surface area contributed by atoms with E-state index in [9.17, 15) is 9.59 Å². The summed E-state index contributed by atoms with van der Waals surface area (Å²) in [6, 6.07) is 12.3. The second kappa shape index (κ2) is 10.3. The second-order valence-electron chi connectivity index (χ2n) is 5.89. The minimum absolute atomic E-state index is 0.438. The van der Waals surface area contributed by atoms with Gasteiger partial charge in [0.1, 0.15) is 5.75 Å². The second-order valence-corrected chi connectivity index (χ2v) is 6.30. The lowest BCUT2D eigenvalue weighted by molar-refractivity contribution is -0.136. The molecule has 0 aliphatic rings. The van der Waals surface area contributed by atoms with E-state index in [1.54, 1.807) is 18.2 Å². The molecule has 27 heavy (non-hydrogen) atoms. The normalized spacial score (nSPS) is 10.6. The number of hydrogen-bond donors (Lipinski definition) is 2. The number of nitrogens with one attached hydrogen (secondary N) is 2. The van der Waals surface area contributed by atoms with Crippen LogP contribution in [0.1, 0.15) is 30.9 Å². The molecule has 0 aromatic heterocycles. The van der Waals surface area contributed by atoms with Crippen LogP contribution in [0, 0.1) is 6.92 Å². The molecule has 2 N–H and O–H groups in total. The number of carbonyl (C=O) groups excluding carboxylic acids is 2. The fourth-order valence-electron chi connectivity index (χ4n) is 2.06. The van der Waals surface area contributed by atoms with Crippen molar-refractivity contribution < 1.29 is 14.3 Å². The number of unbranched alkanes of at least 4 members (excludes halogenated alkanes) is 1. The van der Waals surface area contributed by atoms with Crippen molar-refractivity contribution in [1.82, 2.24) is 5.43 Å². The fraction of sp³-hybridized carbons (Fsp3) is 0.250. The quantitative estimate of drug-likeness (QED) is 0.327. The van der Waals surface area contributed by atoms with Crippen molar-refractivity contribution in [1.29, 1.82) is 0 Å². The van der Waals surface area contributed by atoms with Crippen LogP contribution in [0.5, 0.6) is 5.75 Å². The molecule has 0 saturated carbocycles. The van der Waals surface area contributed by atoms with Gasteiger partial charge >= 0.3 is 11.8 Å². The summed E-state index contributed by atoms with van der Waals surface area (Å²) >= 11 is 5.99. The minimum Gasteiger partial charge on any atom is -0.494 e. The predicted octanol–water partition coefficient (Wildman–Crippen LogP) is 3.92. The van der Waals surface area contributed by atoms with Crippen LogP contribution in [0.4, 0.5) is 5.69 Å². The largest absolute Gasteiger partial charge is 0.494 e. The smallest absolute Gasteiger partial charge is 0.329 e. The van der Waals surface area contributed by atoms with E-state index in [4.69, 9.17) is 16.3 Å². The Balaban J connectivity index is 1.83. The zero-order valence-electron chi connectivity index (χ0n) is 15.3. The minimum atomic E-state index is -0.873. The molecule has 0 heterocycles.